The molecule has 5 rings (SSSR count). The van der Waals surface area contributed by atoms with Gasteiger partial charge >= 0.3 is 0 Å². The van der Waals surface area contributed by atoms with E-state index in [0.29, 0.717) is 6.54 Å². The largest absolute Gasteiger partial charge is 0.379 e. The van der Waals surface area contributed by atoms with E-state index in [9.17, 15) is 4.79 Å². The number of nitrogens with zero attached hydrogens (tertiary/aromatic N) is 3. The summed E-state index contributed by atoms with van der Waals surface area (Å²) in [6.45, 7) is 4.80. The van der Waals surface area contributed by atoms with Crippen LogP contribution in [0.2, 0.25) is 0 Å². The number of aromatic nitrogens is 1. The third kappa shape index (κ3) is 4.57. The third-order valence-corrected chi connectivity index (χ3v) is 8.22. The molecular formula is C25H29N3O2S2. The van der Waals surface area contributed by atoms with E-state index in [2.05, 4.69) is 41.5 Å². The van der Waals surface area contributed by atoms with Crippen molar-refractivity contribution in [2.75, 3.05) is 50.5 Å². The molecule has 1 aromatic heterocycles. The molecule has 1 fully saturated rings. The highest BCUT2D eigenvalue weighted by Gasteiger charge is 2.24. The Morgan fingerprint density at radius 3 is 2.78 bits per heavy atom. The average Bonchev–Trinajstić information content (AvgIpc) is 3.28. The van der Waals surface area contributed by atoms with Crippen LogP contribution in [0.15, 0.2) is 41.3 Å². The van der Waals surface area contributed by atoms with Gasteiger partial charge in [-0.05, 0) is 67.3 Å². The number of thioether (sulfide) groups is 1. The lowest BCUT2D eigenvalue weighted by molar-refractivity contribution is 0.0391. The van der Waals surface area contributed by atoms with Crippen LogP contribution < -0.4 is 4.90 Å². The molecule has 0 saturated carbocycles. The molecular weight excluding hydrogens is 438 g/mol. The van der Waals surface area contributed by atoms with Gasteiger partial charge < -0.3 is 4.74 Å². The molecule has 7 heteroatoms. The van der Waals surface area contributed by atoms with Gasteiger partial charge in [0.2, 0.25) is 0 Å². The first-order valence-electron chi connectivity index (χ1n) is 11.4. The van der Waals surface area contributed by atoms with Crippen LogP contribution in [-0.4, -0.2) is 61.4 Å². The summed E-state index contributed by atoms with van der Waals surface area (Å²) in [6.07, 6.45) is 6.72. The molecule has 0 spiro atoms. The first kappa shape index (κ1) is 21.9. The maximum absolute atomic E-state index is 13.8. The first-order valence-corrected chi connectivity index (χ1v) is 13.4. The Kier molecular flexibility index (Phi) is 6.78. The van der Waals surface area contributed by atoms with Crippen LogP contribution in [0.25, 0.3) is 10.2 Å². The fraction of sp³-hybridized carbons (Fsp3) is 0.440. The van der Waals surface area contributed by atoms with Crippen molar-refractivity contribution in [1.29, 1.82) is 0 Å². The van der Waals surface area contributed by atoms with Crippen molar-refractivity contribution >= 4 is 44.4 Å². The van der Waals surface area contributed by atoms with E-state index >= 15 is 0 Å². The molecule has 3 aromatic rings. The Balaban J connectivity index is 1.47. The average molecular weight is 468 g/mol. The molecule has 2 heterocycles. The second kappa shape index (κ2) is 9.91. The van der Waals surface area contributed by atoms with Crippen molar-refractivity contribution in [2.24, 2.45) is 0 Å². The van der Waals surface area contributed by atoms with Gasteiger partial charge in [0.25, 0.3) is 5.91 Å². The zero-order chi connectivity index (χ0) is 21.9. The van der Waals surface area contributed by atoms with Crippen molar-refractivity contribution in [3.05, 3.63) is 53.1 Å². The summed E-state index contributed by atoms with van der Waals surface area (Å²) in [6, 6.07) is 12.6. The van der Waals surface area contributed by atoms with Gasteiger partial charge in [0.15, 0.2) is 5.13 Å². The second-order valence-electron chi connectivity index (χ2n) is 8.40. The summed E-state index contributed by atoms with van der Waals surface area (Å²) in [7, 11) is 0. The van der Waals surface area contributed by atoms with Gasteiger partial charge in [-0.15, -0.1) is 11.8 Å². The number of thiazole rings is 1. The van der Waals surface area contributed by atoms with E-state index in [-0.39, 0.29) is 5.91 Å². The molecule has 0 bridgehead atoms. The normalized spacial score (nSPS) is 16.8. The van der Waals surface area contributed by atoms with E-state index < -0.39 is 0 Å². The van der Waals surface area contributed by atoms with Gasteiger partial charge in [-0.1, -0.05) is 23.5 Å². The molecule has 1 aliphatic heterocycles. The number of hydrogen-bond acceptors (Lipinski definition) is 6. The molecule has 5 nitrogen and oxygen atoms in total. The smallest absolute Gasteiger partial charge is 0.260 e. The van der Waals surface area contributed by atoms with Crippen molar-refractivity contribution < 1.29 is 9.53 Å². The summed E-state index contributed by atoms with van der Waals surface area (Å²) in [5.41, 5.74) is 4.51. The molecule has 168 valence electrons. The SMILES string of the molecule is CSc1cccc2sc(N(CCN3CCOCC3)C(=O)c3ccc4c(c3)CCCC4)nc12. The maximum Gasteiger partial charge on any atom is 0.260 e. The van der Waals surface area contributed by atoms with E-state index in [4.69, 9.17) is 9.72 Å². The number of carbonyl (C=O) groups is 1. The van der Waals surface area contributed by atoms with Gasteiger partial charge in [-0.2, -0.15) is 0 Å². The Bertz CT molecular complexity index is 1110. The number of benzene rings is 2. The van der Waals surface area contributed by atoms with Crippen LogP contribution in [0.5, 0.6) is 0 Å². The summed E-state index contributed by atoms with van der Waals surface area (Å²) < 4.78 is 6.62. The van der Waals surface area contributed by atoms with Gasteiger partial charge in [0.1, 0.15) is 0 Å². The number of ether oxygens (including phenoxy) is 1. The fourth-order valence-corrected chi connectivity index (χ4v) is 6.21. The third-order valence-electron chi connectivity index (χ3n) is 6.41. The Morgan fingerprint density at radius 2 is 1.97 bits per heavy atom. The number of anilines is 1. The van der Waals surface area contributed by atoms with Crippen molar-refractivity contribution in [3.63, 3.8) is 0 Å². The van der Waals surface area contributed by atoms with Crippen LogP contribution in [-0.2, 0) is 17.6 Å². The lowest BCUT2D eigenvalue weighted by atomic mass is 9.90. The number of para-hydroxylation sites is 1. The van der Waals surface area contributed by atoms with E-state index in [1.54, 1.807) is 23.1 Å². The van der Waals surface area contributed by atoms with Crippen molar-refractivity contribution in [1.82, 2.24) is 9.88 Å². The number of hydrogen-bond donors (Lipinski definition) is 0. The topological polar surface area (TPSA) is 45.7 Å². The minimum atomic E-state index is 0.0522. The highest BCUT2D eigenvalue weighted by Crippen LogP contribution is 2.35. The molecule has 1 amide bonds. The standard InChI is InChI=1S/C25H29N3O2S2/c1-31-21-7-4-8-22-23(21)26-25(32-22)28(12-11-27-13-15-30-16-14-27)24(29)20-10-9-18-5-2-3-6-19(18)17-20/h4,7-10,17H,2-3,5-6,11-16H2,1H3. The summed E-state index contributed by atoms with van der Waals surface area (Å²) in [5.74, 6) is 0.0522. The second-order valence-corrected chi connectivity index (χ2v) is 10.3. The lowest BCUT2D eigenvalue weighted by Crippen LogP contribution is -2.43. The van der Waals surface area contributed by atoms with Crippen LogP contribution >= 0.6 is 23.1 Å². The summed E-state index contributed by atoms with van der Waals surface area (Å²) in [5, 5.41) is 0.789. The number of fused-ring (bicyclic) bond motifs is 2. The Morgan fingerprint density at radius 1 is 1.16 bits per heavy atom. The van der Waals surface area contributed by atoms with Gasteiger partial charge in [-0.3, -0.25) is 14.6 Å². The van der Waals surface area contributed by atoms with Gasteiger partial charge in [-0.25, -0.2) is 4.98 Å². The maximum atomic E-state index is 13.8. The highest BCUT2D eigenvalue weighted by atomic mass is 32.2. The van der Waals surface area contributed by atoms with Gasteiger partial charge in [0, 0.05) is 36.6 Å². The summed E-state index contributed by atoms with van der Waals surface area (Å²) in [4.78, 5) is 24.1. The monoisotopic (exact) mass is 467 g/mol. The molecule has 0 N–H and O–H groups in total. The van der Waals surface area contributed by atoms with Crippen LogP contribution in [0.3, 0.4) is 0 Å². The molecule has 1 saturated heterocycles. The first-order chi connectivity index (χ1) is 15.7. The van der Waals surface area contributed by atoms with Crippen molar-refractivity contribution in [2.45, 2.75) is 30.6 Å². The predicted octanol–water partition coefficient (Wildman–Crippen LogP) is 4.88. The fourth-order valence-electron chi connectivity index (χ4n) is 4.56. The minimum absolute atomic E-state index is 0.0522. The lowest BCUT2D eigenvalue weighted by Gasteiger charge is -2.29. The molecule has 2 aliphatic rings. The number of morpholine rings is 1. The van der Waals surface area contributed by atoms with Crippen molar-refractivity contribution in [3.8, 4) is 0 Å². The quantitative estimate of drug-likeness (QED) is 0.484. The van der Waals surface area contributed by atoms with Crippen LogP contribution in [0, 0.1) is 0 Å². The van der Waals surface area contributed by atoms with Crippen LogP contribution in [0.4, 0.5) is 5.13 Å². The minimum Gasteiger partial charge on any atom is -0.379 e. The Hall–Kier alpha value is -1.93. The molecule has 1 aliphatic carbocycles. The zero-order valence-corrected chi connectivity index (χ0v) is 20.1. The Labute approximate surface area is 197 Å². The number of aryl methyl sites for hydroxylation is 2. The van der Waals surface area contributed by atoms with E-state index in [1.807, 2.05) is 11.0 Å². The van der Waals surface area contributed by atoms with Crippen LogP contribution in [0.1, 0.15) is 34.3 Å². The highest BCUT2D eigenvalue weighted by molar-refractivity contribution is 7.98. The van der Waals surface area contributed by atoms with E-state index in [1.165, 1.54) is 24.0 Å². The molecule has 0 radical (unpaired) electrons. The van der Waals surface area contributed by atoms with Gasteiger partial charge in [0.05, 0.1) is 23.4 Å². The number of amides is 1. The van der Waals surface area contributed by atoms with E-state index in [0.717, 1.165) is 71.5 Å². The molecule has 2 aromatic carbocycles. The number of rotatable bonds is 6. The predicted molar refractivity (Wildman–Crippen MR) is 133 cm³/mol. The zero-order valence-electron chi connectivity index (χ0n) is 18.5. The number of carbonyl (C=O) groups excluding carboxylic acids is 1. The molecule has 0 atom stereocenters. The molecule has 32 heavy (non-hydrogen) atoms. The summed E-state index contributed by atoms with van der Waals surface area (Å²) >= 11 is 3.31. The molecule has 0 unspecified atom stereocenters.